The molecular weight excluding hydrogens is 850 g/mol. The fourth-order valence-corrected chi connectivity index (χ4v) is 8.46. The number of amides is 2. The molecule has 3 aromatic rings. The van der Waals surface area contributed by atoms with E-state index in [0.29, 0.717) is 5.56 Å². The van der Waals surface area contributed by atoms with Crippen LogP contribution >= 0.6 is 35.2 Å². The summed E-state index contributed by atoms with van der Waals surface area (Å²) in [5.41, 5.74) is 4.51. The number of rotatable bonds is 20. The Morgan fingerprint density at radius 3 is 2.37 bits per heavy atom. The maximum Gasteiger partial charge on any atom is 0.481 e. The van der Waals surface area contributed by atoms with Crippen LogP contribution in [0.1, 0.15) is 36.9 Å². The van der Waals surface area contributed by atoms with Gasteiger partial charge in [0.2, 0.25) is 16.9 Å². The topological polar surface area (TPSA) is 364 Å². The molecule has 29 heteroatoms. The van der Waals surface area contributed by atoms with E-state index in [1.165, 1.54) is 26.0 Å². The van der Waals surface area contributed by atoms with Crippen molar-refractivity contribution in [1.29, 1.82) is 0 Å². The summed E-state index contributed by atoms with van der Waals surface area (Å²) < 4.78 is 75.0. The van der Waals surface area contributed by atoms with Gasteiger partial charge in [-0.1, -0.05) is 25.6 Å². The Bertz CT molecular complexity index is 2060. The van der Waals surface area contributed by atoms with Crippen LogP contribution in [0.3, 0.4) is 0 Å². The van der Waals surface area contributed by atoms with Gasteiger partial charge in [0.05, 0.1) is 19.5 Å². The van der Waals surface area contributed by atoms with E-state index in [1.807, 2.05) is 0 Å². The molecule has 0 aliphatic carbocycles. The van der Waals surface area contributed by atoms with Gasteiger partial charge in [0.15, 0.2) is 17.7 Å². The zero-order valence-electron chi connectivity index (χ0n) is 29.8. The highest BCUT2D eigenvalue weighted by Crippen LogP contribution is 2.61. The molecule has 0 radical (unpaired) electrons. The molecule has 1 aliphatic heterocycles. The number of anilines is 1. The molecule has 10 N–H and O–H groups in total. The number of fused-ring (bicyclic) bond motifs is 1. The summed E-state index contributed by atoms with van der Waals surface area (Å²) in [4.78, 5) is 87.7. The molecule has 1 saturated heterocycles. The van der Waals surface area contributed by atoms with Crippen LogP contribution in [0.5, 0.6) is 0 Å². The minimum absolute atomic E-state index is 0.0221. The number of imidazole rings is 1. The maximum atomic E-state index is 13.0. The summed E-state index contributed by atoms with van der Waals surface area (Å²) in [7, 11) is -16.4. The molecule has 4 rings (SSSR count). The van der Waals surface area contributed by atoms with Crippen LogP contribution in [-0.2, 0) is 45.9 Å². The van der Waals surface area contributed by atoms with E-state index in [9.17, 15) is 62.3 Å². The van der Waals surface area contributed by atoms with Crippen LogP contribution in [0.2, 0.25) is 0 Å². The minimum atomic E-state index is -5.59. The first-order valence-corrected chi connectivity index (χ1v) is 21.8. The molecule has 3 heterocycles. The lowest BCUT2D eigenvalue weighted by molar-refractivity contribution is -0.137. The van der Waals surface area contributed by atoms with Gasteiger partial charge in [-0.3, -0.25) is 32.5 Å². The van der Waals surface area contributed by atoms with Gasteiger partial charge >= 0.3 is 23.5 Å². The summed E-state index contributed by atoms with van der Waals surface area (Å²) in [5, 5.41) is 26.0. The number of aliphatic hydroxyl groups excluding tert-OH is 2. The number of nitrogens with zero attached hydrogens (tertiary/aromatic N) is 4. The van der Waals surface area contributed by atoms with E-state index >= 15 is 0 Å². The van der Waals surface area contributed by atoms with Crippen molar-refractivity contribution in [3.63, 3.8) is 0 Å². The minimum Gasteiger partial charge on any atom is -0.386 e. The molecule has 24 nitrogen and oxygen atoms in total. The SMILES string of the molecule is CC(C)(COP(=O)(O)OP(=O)(O)OC[C@H]1O[C@@H](n2cnc3c(N)ncnc32)[C@H](O)[C@@H]1OP(=O)(O)O)[C@@H](O)C(=O)NCCC(=O)NCCSC(=O)c1ccc(F)cc1. The lowest BCUT2D eigenvalue weighted by atomic mass is 9.87. The van der Waals surface area contributed by atoms with Crippen molar-refractivity contribution in [2.75, 3.05) is 37.8 Å². The van der Waals surface area contributed by atoms with Crippen LogP contribution in [0.4, 0.5) is 10.2 Å². The van der Waals surface area contributed by atoms with Gasteiger partial charge in [-0.05, 0) is 24.3 Å². The fourth-order valence-electron chi connectivity index (χ4n) is 4.94. The number of nitrogens with one attached hydrogen (secondary N) is 2. The van der Waals surface area contributed by atoms with Gasteiger partial charge in [-0.25, -0.2) is 33.0 Å². The quantitative estimate of drug-likeness (QED) is 0.0537. The zero-order valence-corrected chi connectivity index (χ0v) is 33.3. The molecule has 1 aromatic carbocycles. The molecule has 1 aliphatic rings. The number of nitrogen functional groups attached to an aromatic ring is 1. The van der Waals surface area contributed by atoms with Gasteiger partial charge in [0, 0.05) is 36.2 Å². The van der Waals surface area contributed by atoms with Crippen LogP contribution < -0.4 is 16.4 Å². The van der Waals surface area contributed by atoms with Gasteiger partial charge < -0.3 is 50.9 Å². The van der Waals surface area contributed by atoms with Gasteiger partial charge in [-0.15, -0.1) is 0 Å². The van der Waals surface area contributed by atoms with E-state index in [1.54, 1.807) is 0 Å². The number of halogens is 1. The number of carbonyl (C=O) groups excluding carboxylic acids is 3. The Kier molecular flexibility index (Phi) is 15.6. The highest BCUT2D eigenvalue weighted by atomic mass is 32.2. The first-order chi connectivity index (χ1) is 26.5. The second-order valence-electron chi connectivity index (χ2n) is 12.7. The Hall–Kier alpha value is -3.29. The van der Waals surface area contributed by atoms with Crippen molar-refractivity contribution in [1.82, 2.24) is 30.2 Å². The second kappa shape index (κ2) is 19.2. The number of aliphatic hydroxyl groups is 2. The number of ether oxygens (including phenoxy) is 1. The lowest BCUT2D eigenvalue weighted by Crippen LogP contribution is -2.46. The lowest BCUT2D eigenvalue weighted by Gasteiger charge is -2.30. The Balaban J connectivity index is 1.23. The standard InChI is InChI=1S/C28H39FN7O17P3S/c1-28(2,22(39)25(40)32-8-7-18(37)31-9-10-57-27(41)15-3-5-16(29)6-4-15)12-50-56(47,48)53-55(45,46)49-11-17-21(52-54(42,43)44)20(38)26(51-17)36-14-35-19-23(30)33-13-34-24(19)36/h3-6,13-14,17,20-22,26,38-39H,7-12H2,1-2H3,(H,31,37)(H,32,40)(H,45,46)(H,47,48)(H2,30,33,34)(H2,42,43,44)/t17-,20-,21-,22+,26-/m1/s1. The third-order valence-corrected chi connectivity index (χ3v) is 11.8. The predicted molar refractivity (Wildman–Crippen MR) is 193 cm³/mol. The van der Waals surface area contributed by atoms with Crippen molar-refractivity contribution in [3.05, 3.63) is 48.3 Å². The number of phosphoric ester groups is 3. The number of hydrogen-bond acceptors (Lipinski definition) is 18. The Morgan fingerprint density at radius 2 is 1.70 bits per heavy atom. The summed E-state index contributed by atoms with van der Waals surface area (Å²) in [6.45, 7) is 0.273. The van der Waals surface area contributed by atoms with E-state index < -0.39 is 90.4 Å². The highest BCUT2D eigenvalue weighted by molar-refractivity contribution is 8.14. The number of aromatic nitrogens is 4. The first kappa shape index (κ1) is 46.4. The third-order valence-electron chi connectivity index (χ3n) is 7.81. The molecule has 2 aromatic heterocycles. The zero-order chi connectivity index (χ0) is 42.3. The van der Waals surface area contributed by atoms with E-state index in [4.69, 9.17) is 19.5 Å². The van der Waals surface area contributed by atoms with Gasteiger partial charge in [0.25, 0.3) is 0 Å². The van der Waals surface area contributed by atoms with Crippen molar-refractivity contribution in [3.8, 4) is 0 Å². The maximum absolute atomic E-state index is 13.0. The number of carbonyl (C=O) groups is 3. The molecule has 0 saturated carbocycles. The van der Waals surface area contributed by atoms with Crippen LogP contribution in [-0.4, -0.2) is 123 Å². The average molecular weight is 890 g/mol. The normalized spacial score (nSPS) is 21.4. The smallest absolute Gasteiger partial charge is 0.386 e. The average Bonchev–Trinajstić information content (AvgIpc) is 3.68. The molecular formula is C28H39FN7O17P3S. The number of nitrogens with two attached hydrogens (primary N) is 1. The largest absolute Gasteiger partial charge is 0.481 e. The van der Waals surface area contributed by atoms with Gasteiger partial charge in [-0.2, -0.15) is 4.31 Å². The van der Waals surface area contributed by atoms with Gasteiger partial charge in [0.1, 0.15) is 42.1 Å². The van der Waals surface area contributed by atoms with E-state index in [0.717, 1.165) is 41.1 Å². The second-order valence-corrected chi connectivity index (χ2v) is 18.0. The Labute approximate surface area is 326 Å². The molecule has 2 amide bonds. The molecule has 7 atom stereocenters. The van der Waals surface area contributed by atoms with Crippen molar-refractivity contribution in [2.24, 2.45) is 5.41 Å². The summed E-state index contributed by atoms with van der Waals surface area (Å²) in [5.74, 6) is -1.83. The van der Waals surface area contributed by atoms with Crippen molar-refractivity contribution in [2.45, 2.75) is 50.9 Å². The summed E-state index contributed by atoms with van der Waals surface area (Å²) in [6.07, 6.45) is -7.05. The molecule has 0 spiro atoms. The third kappa shape index (κ3) is 13.4. The molecule has 1 fully saturated rings. The van der Waals surface area contributed by atoms with Crippen LogP contribution in [0.25, 0.3) is 11.2 Å². The fraction of sp³-hybridized carbons (Fsp3) is 0.500. The molecule has 0 bridgehead atoms. The monoisotopic (exact) mass is 889 g/mol. The summed E-state index contributed by atoms with van der Waals surface area (Å²) in [6, 6.07) is 4.96. The Morgan fingerprint density at radius 1 is 1.04 bits per heavy atom. The number of phosphoric acid groups is 3. The number of thioether (sulfide) groups is 1. The van der Waals surface area contributed by atoms with E-state index in [-0.39, 0.29) is 47.4 Å². The van der Waals surface area contributed by atoms with Crippen LogP contribution in [0.15, 0.2) is 36.9 Å². The van der Waals surface area contributed by atoms with Crippen molar-refractivity contribution < 1.29 is 84.9 Å². The molecule has 316 valence electrons. The molecule has 57 heavy (non-hydrogen) atoms. The highest BCUT2D eigenvalue weighted by Gasteiger charge is 2.50. The first-order valence-electron chi connectivity index (χ1n) is 16.3. The number of benzene rings is 1. The van der Waals surface area contributed by atoms with Crippen LogP contribution in [0, 0.1) is 11.2 Å². The van der Waals surface area contributed by atoms with E-state index in [2.05, 4.69) is 34.4 Å². The molecule has 2 unspecified atom stereocenters. The summed E-state index contributed by atoms with van der Waals surface area (Å²) >= 11 is 0.907. The number of hydrogen-bond donors (Lipinski definition) is 9. The van der Waals surface area contributed by atoms with Crippen molar-refractivity contribution >= 4 is 69.1 Å². The predicted octanol–water partition coefficient (Wildman–Crippen LogP) is 0.118.